The first-order valence-corrected chi connectivity index (χ1v) is 7.82. The highest BCUT2D eigenvalue weighted by Gasteiger charge is 2.24. The van der Waals surface area contributed by atoms with Gasteiger partial charge in [0.2, 0.25) is 5.91 Å². The molecule has 4 nitrogen and oxygen atoms in total. The highest BCUT2D eigenvalue weighted by Crippen LogP contribution is 2.25. The van der Waals surface area contributed by atoms with Crippen molar-refractivity contribution in [3.8, 4) is 11.1 Å². The van der Waals surface area contributed by atoms with Gasteiger partial charge in [0.1, 0.15) is 11.9 Å². The van der Waals surface area contributed by atoms with E-state index in [1.807, 2.05) is 13.0 Å². The zero-order valence-electron chi connectivity index (χ0n) is 14.0. The maximum absolute atomic E-state index is 14.2. The van der Waals surface area contributed by atoms with Crippen molar-refractivity contribution in [2.45, 2.75) is 26.8 Å². The van der Waals surface area contributed by atoms with Gasteiger partial charge >= 0.3 is 0 Å². The van der Waals surface area contributed by atoms with Crippen molar-refractivity contribution in [2.24, 2.45) is 5.73 Å². The highest BCUT2D eigenvalue weighted by molar-refractivity contribution is 5.98. The third-order valence-electron chi connectivity index (χ3n) is 4.03. The normalized spacial score (nSPS) is 11.8. The van der Waals surface area contributed by atoms with Gasteiger partial charge in [-0.05, 0) is 50.1 Å². The summed E-state index contributed by atoms with van der Waals surface area (Å²) in [6.07, 6.45) is 0. The molecule has 0 saturated carbocycles. The largest absolute Gasteiger partial charge is 0.368 e. The van der Waals surface area contributed by atoms with Crippen LogP contribution in [0.15, 0.2) is 42.5 Å². The fourth-order valence-electron chi connectivity index (χ4n) is 2.59. The van der Waals surface area contributed by atoms with E-state index >= 15 is 0 Å². The number of halogens is 1. The van der Waals surface area contributed by atoms with Crippen LogP contribution in [0.5, 0.6) is 0 Å². The second kappa shape index (κ2) is 7.25. The molecule has 0 bridgehead atoms. The molecule has 0 heterocycles. The van der Waals surface area contributed by atoms with Gasteiger partial charge in [0.25, 0.3) is 5.91 Å². The first kappa shape index (κ1) is 17.7. The predicted octanol–water partition coefficient (Wildman–Crippen LogP) is 3.14. The maximum atomic E-state index is 14.2. The number of carbonyl (C=O) groups is 2. The lowest BCUT2D eigenvalue weighted by Gasteiger charge is -2.26. The standard InChI is InChI=1S/C19H21FN2O2/c1-4-22(13(3)18(21)23)19(24)15-7-5-6-14(11-15)16-9-8-12(2)10-17(16)20/h5-11,13H,4H2,1-3H3,(H2,21,23)/t13-/m0/s1. The molecule has 0 unspecified atom stereocenters. The van der Waals surface area contributed by atoms with Gasteiger partial charge in [-0.3, -0.25) is 9.59 Å². The third-order valence-corrected chi connectivity index (χ3v) is 4.03. The van der Waals surface area contributed by atoms with Crippen molar-refractivity contribution in [1.29, 1.82) is 0 Å². The van der Waals surface area contributed by atoms with Crippen LogP contribution in [0.1, 0.15) is 29.8 Å². The lowest BCUT2D eigenvalue weighted by molar-refractivity contribution is -0.121. The smallest absolute Gasteiger partial charge is 0.254 e. The van der Waals surface area contributed by atoms with E-state index in [1.165, 1.54) is 11.0 Å². The lowest BCUT2D eigenvalue weighted by Crippen LogP contribution is -2.46. The average Bonchev–Trinajstić information content (AvgIpc) is 2.55. The molecule has 5 heteroatoms. The van der Waals surface area contributed by atoms with Gasteiger partial charge in [-0.15, -0.1) is 0 Å². The summed E-state index contributed by atoms with van der Waals surface area (Å²) in [7, 11) is 0. The Hall–Kier alpha value is -2.69. The van der Waals surface area contributed by atoms with Gasteiger partial charge in [-0.25, -0.2) is 4.39 Å². The number of nitrogens with two attached hydrogens (primary N) is 1. The molecular formula is C19H21FN2O2. The third kappa shape index (κ3) is 3.62. The molecule has 0 aliphatic heterocycles. The van der Waals surface area contributed by atoms with E-state index in [9.17, 15) is 14.0 Å². The number of benzene rings is 2. The van der Waals surface area contributed by atoms with Crippen molar-refractivity contribution in [1.82, 2.24) is 4.90 Å². The van der Waals surface area contributed by atoms with Crippen molar-refractivity contribution < 1.29 is 14.0 Å². The van der Waals surface area contributed by atoms with Crippen molar-refractivity contribution in [3.05, 3.63) is 59.4 Å². The summed E-state index contributed by atoms with van der Waals surface area (Å²) in [5.74, 6) is -1.21. The molecule has 24 heavy (non-hydrogen) atoms. The van der Waals surface area contributed by atoms with Crippen LogP contribution in [-0.4, -0.2) is 29.3 Å². The van der Waals surface area contributed by atoms with Gasteiger partial charge in [0.05, 0.1) is 0 Å². The zero-order chi connectivity index (χ0) is 17.9. The van der Waals surface area contributed by atoms with Crippen LogP contribution in [0.2, 0.25) is 0 Å². The molecule has 0 spiro atoms. The molecular weight excluding hydrogens is 307 g/mol. The minimum Gasteiger partial charge on any atom is -0.368 e. The van der Waals surface area contributed by atoms with Crippen LogP contribution in [0, 0.1) is 12.7 Å². The Morgan fingerprint density at radius 3 is 2.50 bits per heavy atom. The SMILES string of the molecule is CCN(C(=O)c1cccc(-c2ccc(C)cc2F)c1)[C@@H](C)C(N)=O. The molecule has 0 saturated heterocycles. The van der Waals surface area contributed by atoms with Crippen LogP contribution in [0.25, 0.3) is 11.1 Å². The minimum absolute atomic E-state index is 0.307. The second-order valence-electron chi connectivity index (χ2n) is 5.73. The number of nitrogens with zero attached hydrogens (tertiary/aromatic N) is 1. The number of amides is 2. The Bertz CT molecular complexity index is 774. The molecule has 0 aromatic heterocycles. The zero-order valence-corrected chi connectivity index (χ0v) is 14.0. The van der Waals surface area contributed by atoms with Gasteiger partial charge in [-0.2, -0.15) is 0 Å². The molecule has 0 fully saturated rings. The van der Waals surface area contributed by atoms with Gasteiger partial charge < -0.3 is 10.6 Å². The summed E-state index contributed by atoms with van der Waals surface area (Å²) in [4.78, 5) is 25.4. The van der Waals surface area contributed by atoms with E-state index in [2.05, 4.69) is 0 Å². The van der Waals surface area contributed by atoms with Crippen LogP contribution >= 0.6 is 0 Å². The monoisotopic (exact) mass is 328 g/mol. The molecule has 1 atom stereocenters. The number of hydrogen-bond donors (Lipinski definition) is 1. The van der Waals surface area contributed by atoms with Gasteiger partial charge in [0, 0.05) is 17.7 Å². The number of rotatable bonds is 5. The summed E-state index contributed by atoms with van der Waals surface area (Å²) >= 11 is 0. The fraction of sp³-hybridized carbons (Fsp3) is 0.263. The lowest BCUT2D eigenvalue weighted by atomic mass is 10.0. The van der Waals surface area contributed by atoms with Crippen LogP contribution in [0.3, 0.4) is 0 Å². The van der Waals surface area contributed by atoms with E-state index in [4.69, 9.17) is 5.73 Å². The Labute approximate surface area is 141 Å². The second-order valence-corrected chi connectivity index (χ2v) is 5.73. The molecule has 0 radical (unpaired) electrons. The van der Waals surface area contributed by atoms with E-state index < -0.39 is 11.9 Å². The van der Waals surface area contributed by atoms with Crippen LogP contribution in [0.4, 0.5) is 4.39 Å². The van der Waals surface area contributed by atoms with Crippen molar-refractivity contribution in [2.75, 3.05) is 6.54 Å². The maximum Gasteiger partial charge on any atom is 0.254 e. The molecule has 2 rings (SSSR count). The molecule has 2 N–H and O–H groups in total. The summed E-state index contributed by atoms with van der Waals surface area (Å²) in [6, 6.07) is 11.0. The minimum atomic E-state index is -0.706. The van der Waals surface area contributed by atoms with Crippen molar-refractivity contribution >= 4 is 11.8 Å². The average molecular weight is 328 g/mol. The Morgan fingerprint density at radius 2 is 1.92 bits per heavy atom. The number of aryl methyl sites for hydroxylation is 1. The Kier molecular flexibility index (Phi) is 5.34. The summed E-state index contributed by atoms with van der Waals surface area (Å²) in [5, 5.41) is 0. The van der Waals surface area contributed by atoms with Crippen molar-refractivity contribution in [3.63, 3.8) is 0 Å². The van der Waals surface area contributed by atoms with E-state index in [1.54, 1.807) is 44.2 Å². The number of hydrogen-bond acceptors (Lipinski definition) is 2. The number of likely N-dealkylation sites (N-methyl/N-ethyl adjacent to an activating group) is 1. The molecule has 2 aromatic carbocycles. The topological polar surface area (TPSA) is 63.4 Å². The summed E-state index contributed by atoms with van der Waals surface area (Å²) in [5.41, 5.74) is 7.57. The number of primary amides is 1. The van der Waals surface area contributed by atoms with Gasteiger partial charge in [-0.1, -0.05) is 24.3 Å². The fourth-order valence-corrected chi connectivity index (χ4v) is 2.59. The van der Waals surface area contributed by atoms with E-state index in [0.29, 0.717) is 23.2 Å². The molecule has 126 valence electrons. The summed E-state index contributed by atoms with van der Waals surface area (Å²) < 4.78 is 14.2. The predicted molar refractivity (Wildman–Crippen MR) is 91.9 cm³/mol. The quantitative estimate of drug-likeness (QED) is 0.916. The molecule has 0 aliphatic rings. The Morgan fingerprint density at radius 1 is 1.21 bits per heavy atom. The molecule has 2 amide bonds. The Balaban J connectivity index is 2.39. The van der Waals surface area contributed by atoms with Crippen LogP contribution in [-0.2, 0) is 4.79 Å². The molecule has 2 aromatic rings. The van der Waals surface area contributed by atoms with E-state index in [0.717, 1.165) is 5.56 Å². The number of carbonyl (C=O) groups excluding carboxylic acids is 2. The first-order valence-electron chi connectivity index (χ1n) is 7.82. The van der Waals surface area contributed by atoms with Crippen LogP contribution < -0.4 is 5.73 Å². The van der Waals surface area contributed by atoms with Gasteiger partial charge in [0.15, 0.2) is 0 Å². The summed E-state index contributed by atoms with van der Waals surface area (Å²) in [6.45, 7) is 5.54. The highest BCUT2D eigenvalue weighted by atomic mass is 19.1. The first-order chi connectivity index (χ1) is 11.3. The molecule has 0 aliphatic carbocycles. The van der Waals surface area contributed by atoms with E-state index in [-0.39, 0.29) is 11.7 Å².